The minimum absolute atomic E-state index is 0.123. The number of nitrogens with one attached hydrogen (secondary N) is 1. The van der Waals surface area contributed by atoms with Gasteiger partial charge in [-0.15, -0.1) is 10.2 Å². The molecule has 1 N–H and O–H groups in total. The van der Waals surface area contributed by atoms with Crippen molar-refractivity contribution >= 4 is 28.1 Å². The van der Waals surface area contributed by atoms with Gasteiger partial charge in [0.2, 0.25) is 5.91 Å². The van der Waals surface area contributed by atoms with Gasteiger partial charge >= 0.3 is 0 Å². The normalized spacial score (nSPS) is 17.1. The fraction of sp³-hybridized carbons (Fsp3) is 0.250. The monoisotopic (exact) mass is 475 g/mol. The van der Waals surface area contributed by atoms with Crippen molar-refractivity contribution in [3.05, 3.63) is 83.8 Å². The van der Waals surface area contributed by atoms with E-state index < -0.39 is 5.41 Å². The van der Waals surface area contributed by atoms with E-state index in [2.05, 4.69) is 68.8 Å². The summed E-state index contributed by atoms with van der Waals surface area (Å²) in [6.45, 7) is 1.86. The lowest BCUT2D eigenvalue weighted by atomic mass is 9.73. The Balaban J connectivity index is 1.22. The van der Waals surface area contributed by atoms with Gasteiger partial charge in [0.1, 0.15) is 0 Å². The lowest BCUT2D eigenvalue weighted by Crippen LogP contribution is -2.45. The van der Waals surface area contributed by atoms with E-state index in [0.29, 0.717) is 12.1 Å². The second-order valence-corrected chi connectivity index (χ2v) is 9.91. The first kappa shape index (κ1) is 21.1. The van der Waals surface area contributed by atoms with Crippen molar-refractivity contribution in [2.75, 3.05) is 25.5 Å². The molecule has 0 bridgehead atoms. The van der Waals surface area contributed by atoms with Gasteiger partial charge in [-0.1, -0.05) is 24.3 Å². The summed E-state index contributed by atoms with van der Waals surface area (Å²) >= 11 is 0. The van der Waals surface area contributed by atoms with Crippen molar-refractivity contribution in [2.45, 2.75) is 24.7 Å². The average Bonchev–Trinajstić information content (AvgIpc) is 3.43. The van der Waals surface area contributed by atoms with E-state index in [-0.39, 0.29) is 5.91 Å². The quantitative estimate of drug-likeness (QED) is 0.427. The number of carbonyl (C=O) groups is 1. The van der Waals surface area contributed by atoms with Crippen molar-refractivity contribution in [2.24, 2.45) is 0 Å². The third-order valence-electron chi connectivity index (χ3n) is 7.71. The molecular formula is C28H25N7O. The fourth-order valence-electron chi connectivity index (χ4n) is 5.60. The Morgan fingerprint density at radius 3 is 2.78 bits per heavy atom. The first-order valence-electron chi connectivity index (χ1n) is 12.3. The first-order chi connectivity index (χ1) is 17.6. The van der Waals surface area contributed by atoms with Gasteiger partial charge in [0.15, 0.2) is 11.5 Å². The molecule has 8 heteroatoms. The number of amides is 1. The summed E-state index contributed by atoms with van der Waals surface area (Å²) in [5.74, 6) is 0.896. The van der Waals surface area contributed by atoms with Gasteiger partial charge in [0.25, 0.3) is 0 Å². The summed E-state index contributed by atoms with van der Waals surface area (Å²) in [4.78, 5) is 19.7. The van der Waals surface area contributed by atoms with Crippen LogP contribution in [0.25, 0.3) is 27.8 Å². The van der Waals surface area contributed by atoms with Gasteiger partial charge in [-0.3, -0.25) is 9.78 Å². The molecule has 1 saturated heterocycles. The molecule has 36 heavy (non-hydrogen) atoms. The summed E-state index contributed by atoms with van der Waals surface area (Å²) in [5, 5.41) is 17.9. The molecule has 0 radical (unpaired) electrons. The molecule has 1 amide bonds. The second kappa shape index (κ2) is 7.93. The molecule has 2 aromatic carbocycles. The number of likely N-dealkylation sites (tertiary alicyclic amines) is 1. The van der Waals surface area contributed by atoms with Crippen molar-refractivity contribution in [3.63, 3.8) is 0 Å². The van der Waals surface area contributed by atoms with E-state index in [1.54, 1.807) is 6.20 Å². The number of anilines is 1. The largest absolute Gasteiger partial charge is 0.325 e. The Morgan fingerprint density at radius 2 is 1.89 bits per heavy atom. The standard InChI is InChI=1S/C28H25N7O/c1-34-13-10-28(11-14-34)21-6-5-20(17-24(21)30-27(28)36)23-8-9-25-31-32-26(35(25)33-23)16-18-4-7-22-19(15-18)3-2-12-29-22/h2-9,12,15,17H,10-11,13-14,16H2,1H3,(H,30,36). The molecule has 3 aromatic heterocycles. The van der Waals surface area contributed by atoms with Gasteiger partial charge in [-0.05, 0) is 80.5 Å². The molecule has 0 atom stereocenters. The minimum atomic E-state index is -0.408. The van der Waals surface area contributed by atoms with Crippen molar-refractivity contribution in [1.29, 1.82) is 0 Å². The third-order valence-corrected chi connectivity index (χ3v) is 7.71. The Kier molecular flexibility index (Phi) is 4.65. The molecule has 0 aliphatic carbocycles. The topological polar surface area (TPSA) is 88.3 Å². The Labute approximate surface area is 208 Å². The predicted molar refractivity (Wildman–Crippen MR) is 138 cm³/mol. The van der Waals surface area contributed by atoms with E-state index in [1.807, 2.05) is 28.8 Å². The smallest absolute Gasteiger partial charge is 0.235 e. The van der Waals surface area contributed by atoms with Crippen LogP contribution in [0.2, 0.25) is 0 Å². The molecule has 178 valence electrons. The number of hydrogen-bond acceptors (Lipinski definition) is 6. The van der Waals surface area contributed by atoms with E-state index in [9.17, 15) is 4.79 Å². The van der Waals surface area contributed by atoms with Crippen LogP contribution in [0.3, 0.4) is 0 Å². The van der Waals surface area contributed by atoms with Crippen molar-refractivity contribution < 1.29 is 4.79 Å². The van der Waals surface area contributed by atoms with Crippen LogP contribution in [0.5, 0.6) is 0 Å². The molecule has 5 heterocycles. The van der Waals surface area contributed by atoms with Gasteiger partial charge in [-0.25, -0.2) is 0 Å². The highest BCUT2D eigenvalue weighted by Crippen LogP contribution is 2.45. The third kappa shape index (κ3) is 3.29. The SMILES string of the molecule is CN1CCC2(CC1)C(=O)Nc1cc(-c3ccc4nnc(Cc5ccc6ncccc6c5)n4n3)ccc12. The summed E-state index contributed by atoms with van der Waals surface area (Å²) in [5.41, 5.74) is 6.17. The van der Waals surface area contributed by atoms with Gasteiger partial charge < -0.3 is 10.2 Å². The van der Waals surface area contributed by atoms with Gasteiger partial charge in [0, 0.05) is 29.3 Å². The van der Waals surface area contributed by atoms with Crippen LogP contribution in [0.15, 0.2) is 66.9 Å². The maximum Gasteiger partial charge on any atom is 0.235 e. The zero-order chi connectivity index (χ0) is 24.3. The molecule has 1 fully saturated rings. The molecule has 0 saturated carbocycles. The molecule has 2 aliphatic heterocycles. The number of nitrogens with zero attached hydrogens (tertiary/aromatic N) is 6. The van der Waals surface area contributed by atoms with Crippen LogP contribution >= 0.6 is 0 Å². The summed E-state index contributed by atoms with van der Waals surface area (Å²) in [6.07, 6.45) is 4.11. The van der Waals surface area contributed by atoms with Gasteiger partial charge in [-0.2, -0.15) is 9.61 Å². The maximum atomic E-state index is 13.0. The zero-order valence-corrected chi connectivity index (χ0v) is 20.0. The van der Waals surface area contributed by atoms with E-state index in [0.717, 1.165) is 70.7 Å². The van der Waals surface area contributed by atoms with Crippen LogP contribution in [0.1, 0.15) is 29.8 Å². The molecule has 0 unspecified atom stereocenters. The van der Waals surface area contributed by atoms with Gasteiger partial charge in [0.05, 0.1) is 16.6 Å². The van der Waals surface area contributed by atoms with E-state index in [1.165, 1.54) is 0 Å². The number of fused-ring (bicyclic) bond motifs is 4. The Hall–Kier alpha value is -4.17. The van der Waals surface area contributed by atoms with Crippen molar-refractivity contribution in [3.8, 4) is 11.3 Å². The molecule has 8 nitrogen and oxygen atoms in total. The van der Waals surface area contributed by atoms with E-state index in [4.69, 9.17) is 5.10 Å². The number of rotatable bonds is 3. The number of carbonyl (C=O) groups excluding carboxylic acids is 1. The highest BCUT2D eigenvalue weighted by molar-refractivity contribution is 6.07. The summed E-state index contributed by atoms with van der Waals surface area (Å²) in [7, 11) is 2.11. The van der Waals surface area contributed by atoms with Crippen LogP contribution in [-0.4, -0.2) is 55.7 Å². The van der Waals surface area contributed by atoms with E-state index >= 15 is 0 Å². The first-order valence-corrected chi connectivity index (χ1v) is 12.3. The van der Waals surface area contributed by atoms with Crippen molar-refractivity contribution in [1.82, 2.24) is 29.7 Å². The molecule has 2 aliphatic rings. The molecule has 7 rings (SSSR count). The lowest BCUT2D eigenvalue weighted by Gasteiger charge is -2.36. The fourth-order valence-corrected chi connectivity index (χ4v) is 5.60. The second-order valence-electron chi connectivity index (χ2n) is 9.91. The zero-order valence-electron chi connectivity index (χ0n) is 20.0. The highest BCUT2D eigenvalue weighted by Gasteiger charge is 2.47. The van der Waals surface area contributed by atoms with Crippen LogP contribution < -0.4 is 5.32 Å². The highest BCUT2D eigenvalue weighted by atomic mass is 16.2. The number of benzene rings is 2. The maximum absolute atomic E-state index is 13.0. The summed E-state index contributed by atoms with van der Waals surface area (Å²) in [6, 6.07) is 20.4. The van der Waals surface area contributed by atoms with Crippen LogP contribution in [0, 0.1) is 0 Å². The lowest BCUT2D eigenvalue weighted by molar-refractivity contribution is -0.122. The molecular weight excluding hydrogens is 450 g/mol. The minimum Gasteiger partial charge on any atom is -0.325 e. The van der Waals surface area contributed by atoms with Crippen LogP contribution in [-0.2, 0) is 16.6 Å². The number of hydrogen-bond donors (Lipinski definition) is 1. The number of piperidine rings is 1. The molecule has 1 spiro atoms. The predicted octanol–water partition coefficient (Wildman–Crippen LogP) is 3.85. The number of aromatic nitrogens is 5. The average molecular weight is 476 g/mol. The molecule has 5 aromatic rings. The summed E-state index contributed by atoms with van der Waals surface area (Å²) < 4.78 is 1.81. The Morgan fingerprint density at radius 1 is 1.00 bits per heavy atom. The van der Waals surface area contributed by atoms with Crippen LogP contribution in [0.4, 0.5) is 5.69 Å². The number of pyridine rings is 1. The Bertz CT molecular complexity index is 1650.